The Hall–Kier alpha value is -2.63. The standard InChI is InChI=1S/C16H17N3O3/c20-15(18-14(16(21)22)8-11-6-7-11)12-9-17-19(10-12)13-4-2-1-3-5-13/h1-5,9-11,14H,6-8H2,(H,18,20)(H,21,22). The lowest BCUT2D eigenvalue weighted by Gasteiger charge is -2.13. The molecule has 1 amide bonds. The first kappa shape index (κ1) is 14.3. The number of para-hydroxylation sites is 1. The van der Waals surface area contributed by atoms with Crippen LogP contribution in [0.5, 0.6) is 0 Å². The van der Waals surface area contributed by atoms with Crippen molar-refractivity contribution in [1.82, 2.24) is 15.1 Å². The predicted molar refractivity (Wildman–Crippen MR) is 79.8 cm³/mol. The van der Waals surface area contributed by atoms with E-state index in [0.717, 1.165) is 18.5 Å². The Bertz CT molecular complexity index is 677. The Morgan fingerprint density at radius 3 is 2.68 bits per heavy atom. The van der Waals surface area contributed by atoms with E-state index >= 15 is 0 Å². The third-order valence-corrected chi connectivity index (χ3v) is 3.73. The fourth-order valence-electron chi connectivity index (χ4n) is 2.31. The summed E-state index contributed by atoms with van der Waals surface area (Å²) in [5.74, 6) is -0.973. The molecule has 1 aliphatic carbocycles. The number of carbonyl (C=O) groups is 2. The average molecular weight is 299 g/mol. The zero-order valence-corrected chi connectivity index (χ0v) is 12.0. The van der Waals surface area contributed by atoms with Crippen LogP contribution < -0.4 is 5.32 Å². The molecule has 1 aliphatic rings. The molecule has 1 heterocycles. The normalized spacial score (nSPS) is 15.3. The van der Waals surface area contributed by atoms with Crippen molar-refractivity contribution >= 4 is 11.9 Å². The Morgan fingerprint density at radius 1 is 1.32 bits per heavy atom. The molecule has 0 radical (unpaired) electrons. The lowest BCUT2D eigenvalue weighted by atomic mass is 10.1. The van der Waals surface area contributed by atoms with Gasteiger partial charge < -0.3 is 10.4 Å². The summed E-state index contributed by atoms with van der Waals surface area (Å²) < 4.78 is 1.59. The van der Waals surface area contributed by atoms with Crippen molar-refractivity contribution in [1.29, 1.82) is 0 Å². The fraction of sp³-hybridized carbons (Fsp3) is 0.312. The second kappa shape index (κ2) is 6.01. The fourth-order valence-corrected chi connectivity index (χ4v) is 2.31. The van der Waals surface area contributed by atoms with Gasteiger partial charge in [0.05, 0.1) is 17.4 Å². The van der Waals surface area contributed by atoms with Crippen LogP contribution in [0.2, 0.25) is 0 Å². The molecule has 1 aromatic carbocycles. The van der Waals surface area contributed by atoms with Gasteiger partial charge in [-0.3, -0.25) is 4.79 Å². The number of nitrogens with zero attached hydrogens (tertiary/aromatic N) is 2. The van der Waals surface area contributed by atoms with Crippen molar-refractivity contribution < 1.29 is 14.7 Å². The van der Waals surface area contributed by atoms with E-state index in [2.05, 4.69) is 10.4 Å². The minimum atomic E-state index is -0.990. The van der Waals surface area contributed by atoms with Gasteiger partial charge in [0.2, 0.25) is 0 Å². The first-order valence-electron chi connectivity index (χ1n) is 7.27. The van der Waals surface area contributed by atoms with Gasteiger partial charge in [0.1, 0.15) is 6.04 Å². The number of carboxylic acid groups (broad SMARTS) is 1. The van der Waals surface area contributed by atoms with Crippen molar-refractivity contribution in [2.45, 2.75) is 25.3 Å². The van der Waals surface area contributed by atoms with Crippen LogP contribution in [0.1, 0.15) is 29.6 Å². The lowest BCUT2D eigenvalue weighted by molar-refractivity contribution is -0.139. The van der Waals surface area contributed by atoms with Gasteiger partial charge in [-0.2, -0.15) is 5.10 Å². The third-order valence-electron chi connectivity index (χ3n) is 3.73. The van der Waals surface area contributed by atoms with Crippen LogP contribution in [0, 0.1) is 5.92 Å². The number of hydrogen-bond acceptors (Lipinski definition) is 3. The Labute approximate surface area is 127 Å². The summed E-state index contributed by atoms with van der Waals surface area (Å²) in [5, 5.41) is 15.9. The van der Waals surface area contributed by atoms with Crippen LogP contribution in [0.15, 0.2) is 42.7 Å². The molecule has 2 N–H and O–H groups in total. The molecule has 1 saturated carbocycles. The zero-order valence-electron chi connectivity index (χ0n) is 12.0. The van der Waals surface area contributed by atoms with Gasteiger partial charge in [-0.1, -0.05) is 31.0 Å². The molecule has 0 bridgehead atoms. The topological polar surface area (TPSA) is 84.2 Å². The summed E-state index contributed by atoms with van der Waals surface area (Å²) in [6, 6.07) is 8.58. The molecule has 0 aliphatic heterocycles. The van der Waals surface area contributed by atoms with Gasteiger partial charge in [0.25, 0.3) is 5.91 Å². The molecule has 114 valence electrons. The third kappa shape index (κ3) is 3.33. The highest BCUT2D eigenvalue weighted by molar-refractivity contribution is 5.96. The summed E-state index contributed by atoms with van der Waals surface area (Å²) in [4.78, 5) is 23.4. The summed E-state index contributed by atoms with van der Waals surface area (Å²) in [5.41, 5.74) is 1.19. The highest BCUT2D eigenvalue weighted by Gasteiger charge is 2.30. The molecule has 1 fully saturated rings. The smallest absolute Gasteiger partial charge is 0.326 e. The Morgan fingerprint density at radius 2 is 2.05 bits per heavy atom. The number of aromatic nitrogens is 2. The molecule has 1 aromatic heterocycles. The molecule has 6 nitrogen and oxygen atoms in total. The Kier molecular flexibility index (Phi) is 3.91. The van der Waals surface area contributed by atoms with Gasteiger partial charge in [0.15, 0.2) is 0 Å². The maximum absolute atomic E-state index is 12.2. The van der Waals surface area contributed by atoms with E-state index in [9.17, 15) is 14.7 Å². The molecule has 0 saturated heterocycles. The molecule has 1 unspecified atom stereocenters. The van der Waals surface area contributed by atoms with E-state index in [1.54, 1.807) is 10.9 Å². The molecule has 22 heavy (non-hydrogen) atoms. The molecular formula is C16H17N3O3. The molecule has 1 atom stereocenters. The highest BCUT2D eigenvalue weighted by atomic mass is 16.4. The van der Waals surface area contributed by atoms with Gasteiger partial charge in [-0.25, -0.2) is 9.48 Å². The predicted octanol–water partition coefficient (Wildman–Crippen LogP) is 1.86. The van der Waals surface area contributed by atoms with Crippen molar-refractivity contribution in [3.63, 3.8) is 0 Å². The average Bonchev–Trinajstić information content (AvgIpc) is 3.20. The molecule has 0 spiro atoms. The number of hydrogen-bond donors (Lipinski definition) is 2. The van der Waals surface area contributed by atoms with Crippen molar-refractivity contribution in [2.75, 3.05) is 0 Å². The SMILES string of the molecule is O=C(NC(CC1CC1)C(=O)O)c1cnn(-c2ccccc2)c1. The quantitative estimate of drug-likeness (QED) is 0.852. The van der Waals surface area contributed by atoms with E-state index < -0.39 is 17.9 Å². The second-order valence-electron chi connectivity index (χ2n) is 5.55. The van der Waals surface area contributed by atoms with Gasteiger partial charge in [-0.15, -0.1) is 0 Å². The van der Waals surface area contributed by atoms with Gasteiger partial charge in [-0.05, 0) is 24.5 Å². The van der Waals surface area contributed by atoms with E-state index in [1.807, 2.05) is 30.3 Å². The van der Waals surface area contributed by atoms with Crippen molar-refractivity contribution in [3.05, 3.63) is 48.3 Å². The number of nitrogens with one attached hydrogen (secondary N) is 1. The monoisotopic (exact) mass is 299 g/mol. The number of carbonyl (C=O) groups excluding carboxylic acids is 1. The van der Waals surface area contributed by atoms with Crippen LogP contribution >= 0.6 is 0 Å². The molecule has 3 rings (SSSR count). The van der Waals surface area contributed by atoms with Crippen LogP contribution in [-0.4, -0.2) is 32.8 Å². The van der Waals surface area contributed by atoms with Crippen molar-refractivity contribution in [2.24, 2.45) is 5.92 Å². The zero-order chi connectivity index (χ0) is 15.5. The second-order valence-corrected chi connectivity index (χ2v) is 5.55. The summed E-state index contributed by atoms with van der Waals surface area (Å²) in [6.07, 6.45) is 5.63. The van der Waals surface area contributed by atoms with Crippen LogP contribution in [0.3, 0.4) is 0 Å². The van der Waals surface area contributed by atoms with E-state index in [1.165, 1.54) is 6.20 Å². The van der Waals surface area contributed by atoms with Crippen LogP contribution in [0.25, 0.3) is 5.69 Å². The minimum Gasteiger partial charge on any atom is -0.480 e. The summed E-state index contributed by atoms with van der Waals surface area (Å²) in [6.45, 7) is 0. The number of carboxylic acids is 1. The first-order chi connectivity index (χ1) is 10.6. The lowest BCUT2D eigenvalue weighted by Crippen LogP contribution is -2.41. The van der Waals surface area contributed by atoms with Gasteiger partial charge in [0, 0.05) is 6.20 Å². The van der Waals surface area contributed by atoms with Gasteiger partial charge >= 0.3 is 5.97 Å². The molecular weight excluding hydrogens is 282 g/mol. The van der Waals surface area contributed by atoms with E-state index in [0.29, 0.717) is 17.9 Å². The number of benzene rings is 1. The number of rotatable bonds is 6. The van der Waals surface area contributed by atoms with E-state index in [-0.39, 0.29) is 0 Å². The maximum atomic E-state index is 12.2. The number of amides is 1. The largest absolute Gasteiger partial charge is 0.480 e. The molecule has 2 aromatic rings. The first-order valence-corrected chi connectivity index (χ1v) is 7.27. The number of aliphatic carboxylic acids is 1. The summed E-state index contributed by atoms with van der Waals surface area (Å²) in [7, 11) is 0. The summed E-state index contributed by atoms with van der Waals surface area (Å²) >= 11 is 0. The Balaban J connectivity index is 1.69. The maximum Gasteiger partial charge on any atom is 0.326 e. The van der Waals surface area contributed by atoms with E-state index in [4.69, 9.17) is 0 Å². The molecule has 6 heteroatoms. The van der Waals surface area contributed by atoms with Crippen molar-refractivity contribution in [3.8, 4) is 5.69 Å². The highest BCUT2D eigenvalue weighted by Crippen LogP contribution is 2.33. The van der Waals surface area contributed by atoms with Crippen LogP contribution in [-0.2, 0) is 4.79 Å². The van der Waals surface area contributed by atoms with Crippen LogP contribution in [0.4, 0.5) is 0 Å². The minimum absolute atomic E-state index is 0.353.